The summed E-state index contributed by atoms with van der Waals surface area (Å²) in [5.41, 5.74) is 2.19. The smallest absolute Gasteiger partial charge is 0.441 e. The van der Waals surface area contributed by atoms with Gasteiger partial charge in [0.2, 0.25) is 0 Å². The minimum atomic E-state index is -4.27. The zero-order valence-electron chi connectivity index (χ0n) is 11.0. The molecule has 20 heavy (non-hydrogen) atoms. The summed E-state index contributed by atoms with van der Waals surface area (Å²) in [6.07, 6.45) is 1.26. The molecule has 0 radical (unpaired) electrons. The minimum Gasteiger partial charge on any atom is -0.493 e. The van der Waals surface area contributed by atoms with E-state index in [4.69, 9.17) is 10.5 Å². The first-order chi connectivity index (χ1) is 9.30. The van der Waals surface area contributed by atoms with Crippen LogP contribution in [0.25, 0.3) is 0 Å². The second-order valence-corrected chi connectivity index (χ2v) is 5.47. The Balaban J connectivity index is 2.53. The van der Waals surface area contributed by atoms with Gasteiger partial charge in [0.05, 0.1) is 6.61 Å². The molecule has 0 bridgehead atoms. The van der Waals surface area contributed by atoms with Crippen molar-refractivity contribution in [1.29, 1.82) is 0 Å². The Kier molecular flexibility index (Phi) is 6.61. The normalized spacial score (nSPS) is 13.3. The van der Waals surface area contributed by atoms with Crippen LogP contribution in [0, 0.1) is 5.82 Å². The average molecular weight is 311 g/mol. The summed E-state index contributed by atoms with van der Waals surface area (Å²) in [6.45, 7) is 1.79. The highest BCUT2D eigenvalue weighted by Crippen LogP contribution is 2.29. The van der Waals surface area contributed by atoms with Gasteiger partial charge in [-0.3, -0.25) is 0 Å². The van der Waals surface area contributed by atoms with Gasteiger partial charge in [-0.15, -0.1) is 0 Å². The lowest BCUT2D eigenvalue weighted by Gasteiger charge is -2.12. The van der Waals surface area contributed by atoms with Crippen molar-refractivity contribution in [1.82, 2.24) is 0 Å². The molecule has 0 aromatic heterocycles. The molecule has 0 aliphatic heterocycles. The van der Waals surface area contributed by atoms with Crippen molar-refractivity contribution in [2.45, 2.75) is 31.3 Å². The first kappa shape index (κ1) is 17.1. The molecule has 0 saturated carbocycles. The van der Waals surface area contributed by atoms with Gasteiger partial charge in [0.25, 0.3) is 0 Å². The van der Waals surface area contributed by atoms with E-state index in [2.05, 4.69) is 0 Å². The minimum absolute atomic E-state index is 0.0783. The number of hydrogen-bond donors (Lipinski definition) is 1. The van der Waals surface area contributed by atoms with E-state index in [1.165, 1.54) is 6.07 Å². The van der Waals surface area contributed by atoms with Crippen LogP contribution >= 0.6 is 11.8 Å². The van der Waals surface area contributed by atoms with Gasteiger partial charge in [0, 0.05) is 17.9 Å². The zero-order chi connectivity index (χ0) is 15.2. The predicted octanol–water partition coefficient (Wildman–Crippen LogP) is 3.74. The molecule has 0 saturated heterocycles. The van der Waals surface area contributed by atoms with Gasteiger partial charge < -0.3 is 10.5 Å². The maximum absolute atomic E-state index is 13.4. The van der Waals surface area contributed by atoms with Crippen LogP contribution < -0.4 is 10.5 Å². The molecule has 0 aliphatic carbocycles. The molecule has 0 heterocycles. The number of alkyl halides is 3. The molecule has 1 rings (SSSR count). The third kappa shape index (κ3) is 7.00. The Bertz CT molecular complexity index is 425. The fraction of sp³-hybridized carbons (Fsp3) is 0.538. The molecule has 2 N–H and O–H groups in total. The maximum atomic E-state index is 13.4. The summed E-state index contributed by atoms with van der Waals surface area (Å²) in [5, 5.41) is 0. The van der Waals surface area contributed by atoms with E-state index in [1.54, 1.807) is 6.07 Å². The van der Waals surface area contributed by atoms with Crippen molar-refractivity contribution < 1.29 is 22.3 Å². The number of benzene rings is 1. The maximum Gasteiger partial charge on any atom is 0.441 e. The van der Waals surface area contributed by atoms with Crippen LogP contribution in [0.2, 0.25) is 0 Å². The molecular formula is C13H17F4NOS. The van der Waals surface area contributed by atoms with Crippen LogP contribution in [0.15, 0.2) is 18.2 Å². The number of halogens is 4. The second kappa shape index (κ2) is 7.73. The standard InChI is InChI=1S/C13H17F4NOS/c1-2-11(18)6-9-5-10(14)8-12(7-9)19-3-4-20-13(15,16)17/h5,7-8,11H,2-4,6,18H2,1H3. The van der Waals surface area contributed by atoms with Crippen molar-refractivity contribution in [2.75, 3.05) is 12.4 Å². The lowest BCUT2D eigenvalue weighted by molar-refractivity contribution is -0.0329. The largest absolute Gasteiger partial charge is 0.493 e. The van der Waals surface area contributed by atoms with Gasteiger partial charge in [-0.2, -0.15) is 13.2 Å². The summed E-state index contributed by atoms with van der Waals surface area (Å²) < 4.78 is 54.3. The van der Waals surface area contributed by atoms with E-state index in [0.717, 1.165) is 12.5 Å². The highest BCUT2D eigenvalue weighted by atomic mass is 32.2. The molecule has 0 fully saturated rings. The van der Waals surface area contributed by atoms with Crippen LogP contribution in [0.1, 0.15) is 18.9 Å². The number of rotatable bonds is 7. The fourth-order valence-electron chi connectivity index (χ4n) is 1.59. The van der Waals surface area contributed by atoms with Crippen LogP contribution in [-0.2, 0) is 6.42 Å². The Morgan fingerprint density at radius 1 is 1.30 bits per heavy atom. The number of thioether (sulfide) groups is 1. The summed E-state index contributed by atoms with van der Waals surface area (Å²) in [7, 11) is 0. The number of hydrogen-bond acceptors (Lipinski definition) is 3. The van der Waals surface area contributed by atoms with Crippen molar-refractivity contribution in [2.24, 2.45) is 5.73 Å². The molecular weight excluding hydrogens is 294 g/mol. The lowest BCUT2D eigenvalue weighted by atomic mass is 10.0. The lowest BCUT2D eigenvalue weighted by Crippen LogP contribution is -2.21. The van der Waals surface area contributed by atoms with Gasteiger partial charge in [-0.1, -0.05) is 6.92 Å². The molecule has 1 aromatic carbocycles. The van der Waals surface area contributed by atoms with E-state index >= 15 is 0 Å². The Morgan fingerprint density at radius 2 is 2.00 bits per heavy atom. The van der Waals surface area contributed by atoms with Gasteiger partial charge in [-0.25, -0.2) is 4.39 Å². The average Bonchev–Trinajstić information content (AvgIpc) is 2.32. The Labute approximate surface area is 119 Å². The van der Waals surface area contributed by atoms with E-state index in [9.17, 15) is 17.6 Å². The topological polar surface area (TPSA) is 35.2 Å². The summed E-state index contributed by atoms with van der Waals surface area (Å²) >= 11 is -0.163. The summed E-state index contributed by atoms with van der Waals surface area (Å²) in [4.78, 5) is 0. The van der Waals surface area contributed by atoms with Crippen LogP contribution in [0.3, 0.4) is 0 Å². The quantitative estimate of drug-likeness (QED) is 0.615. The van der Waals surface area contributed by atoms with E-state index < -0.39 is 11.3 Å². The summed E-state index contributed by atoms with van der Waals surface area (Å²) in [5.74, 6) is -0.487. The fourth-order valence-corrected chi connectivity index (χ4v) is 1.98. The van der Waals surface area contributed by atoms with Crippen LogP contribution in [0.4, 0.5) is 17.6 Å². The highest BCUT2D eigenvalue weighted by Gasteiger charge is 2.27. The predicted molar refractivity (Wildman–Crippen MR) is 72.4 cm³/mol. The number of nitrogens with two attached hydrogens (primary N) is 1. The Morgan fingerprint density at radius 3 is 2.60 bits per heavy atom. The van der Waals surface area contributed by atoms with E-state index in [0.29, 0.717) is 12.0 Å². The van der Waals surface area contributed by atoms with Gasteiger partial charge >= 0.3 is 5.51 Å². The third-order valence-corrected chi connectivity index (χ3v) is 3.27. The molecule has 1 unspecified atom stereocenters. The first-order valence-corrected chi connectivity index (χ1v) is 7.17. The molecule has 0 aliphatic rings. The molecule has 0 amide bonds. The van der Waals surface area contributed by atoms with Gasteiger partial charge in [0.15, 0.2) is 0 Å². The van der Waals surface area contributed by atoms with E-state index in [1.807, 2.05) is 6.92 Å². The molecule has 0 spiro atoms. The molecule has 1 atom stereocenters. The molecule has 1 aromatic rings. The number of ether oxygens (including phenoxy) is 1. The highest BCUT2D eigenvalue weighted by molar-refractivity contribution is 8.00. The van der Waals surface area contributed by atoms with Crippen LogP contribution in [-0.4, -0.2) is 23.9 Å². The Hall–Kier alpha value is -0.950. The van der Waals surface area contributed by atoms with Crippen molar-refractivity contribution in [3.63, 3.8) is 0 Å². The molecule has 2 nitrogen and oxygen atoms in total. The third-order valence-electron chi connectivity index (χ3n) is 2.57. The monoisotopic (exact) mass is 311 g/mol. The van der Waals surface area contributed by atoms with Crippen molar-refractivity contribution >= 4 is 11.8 Å². The van der Waals surface area contributed by atoms with Crippen molar-refractivity contribution in [3.05, 3.63) is 29.6 Å². The summed E-state index contributed by atoms with van der Waals surface area (Å²) in [6, 6.07) is 4.04. The van der Waals surface area contributed by atoms with Crippen LogP contribution in [0.5, 0.6) is 5.75 Å². The SMILES string of the molecule is CCC(N)Cc1cc(F)cc(OCCSC(F)(F)F)c1. The second-order valence-electron chi connectivity index (χ2n) is 4.31. The zero-order valence-corrected chi connectivity index (χ0v) is 11.9. The molecule has 114 valence electrons. The molecule has 7 heteroatoms. The first-order valence-electron chi connectivity index (χ1n) is 6.18. The van der Waals surface area contributed by atoms with E-state index in [-0.39, 0.29) is 35.9 Å². The van der Waals surface area contributed by atoms with Gasteiger partial charge in [0.1, 0.15) is 11.6 Å². The van der Waals surface area contributed by atoms with Gasteiger partial charge in [-0.05, 0) is 42.3 Å². The van der Waals surface area contributed by atoms with Crippen molar-refractivity contribution in [3.8, 4) is 5.75 Å².